The molecule has 0 aromatic carbocycles. The minimum atomic E-state index is -0.344. The monoisotopic (exact) mass is 281 g/mol. The molecule has 2 unspecified atom stereocenters. The summed E-state index contributed by atoms with van der Waals surface area (Å²) in [6, 6.07) is -0.160. The molecule has 1 saturated carbocycles. The van der Waals surface area contributed by atoms with Gasteiger partial charge in [0.25, 0.3) is 0 Å². The molecule has 6 nitrogen and oxygen atoms in total. The van der Waals surface area contributed by atoms with E-state index in [-0.39, 0.29) is 30.0 Å². The van der Waals surface area contributed by atoms with Gasteiger partial charge < -0.3 is 10.1 Å². The molecule has 0 spiro atoms. The third-order valence-electron chi connectivity index (χ3n) is 4.36. The van der Waals surface area contributed by atoms with Crippen LogP contribution in [0.3, 0.4) is 0 Å². The first-order valence-corrected chi connectivity index (χ1v) is 7.62. The van der Waals surface area contributed by atoms with Crippen molar-refractivity contribution in [3.8, 4) is 0 Å². The number of hydrogen-bond acceptors (Lipinski definition) is 5. The number of ether oxygens (including phenoxy) is 1. The van der Waals surface area contributed by atoms with E-state index in [1.165, 1.54) is 4.90 Å². The van der Waals surface area contributed by atoms with Crippen molar-refractivity contribution in [1.29, 1.82) is 0 Å². The van der Waals surface area contributed by atoms with E-state index in [2.05, 4.69) is 17.1 Å². The highest BCUT2D eigenvalue weighted by Crippen LogP contribution is 2.31. The SMILES string of the molecule is CCN1CCOC(CNC2CC(=O)N(C3CC3)C2=O)C1. The van der Waals surface area contributed by atoms with Crippen LogP contribution >= 0.6 is 0 Å². The van der Waals surface area contributed by atoms with Crippen molar-refractivity contribution in [3.63, 3.8) is 0 Å². The number of nitrogens with one attached hydrogen (secondary N) is 1. The molecule has 112 valence electrons. The zero-order valence-corrected chi connectivity index (χ0v) is 12.0. The summed E-state index contributed by atoms with van der Waals surface area (Å²) in [5.74, 6) is -0.0598. The number of likely N-dealkylation sites (N-methyl/N-ethyl adjacent to an activating group) is 1. The molecule has 2 aliphatic heterocycles. The second-order valence-electron chi connectivity index (χ2n) is 5.88. The highest BCUT2D eigenvalue weighted by Gasteiger charge is 2.46. The van der Waals surface area contributed by atoms with Crippen molar-refractivity contribution in [1.82, 2.24) is 15.1 Å². The number of hydrogen-bond donors (Lipinski definition) is 1. The van der Waals surface area contributed by atoms with Gasteiger partial charge in [-0.2, -0.15) is 0 Å². The molecule has 0 radical (unpaired) electrons. The maximum atomic E-state index is 12.2. The normalized spacial score (nSPS) is 32.1. The molecule has 6 heteroatoms. The lowest BCUT2D eigenvalue weighted by Crippen LogP contribution is -2.49. The summed E-state index contributed by atoms with van der Waals surface area (Å²) < 4.78 is 5.70. The fourth-order valence-electron chi connectivity index (χ4n) is 2.99. The van der Waals surface area contributed by atoms with Crippen molar-refractivity contribution < 1.29 is 14.3 Å². The molecule has 2 atom stereocenters. The summed E-state index contributed by atoms with van der Waals surface area (Å²) in [6.07, 6.45) is 2.36. The Balaban J connectivity index is 1.49. The number of carbonyl (C=O) groups is 2. The fraction of sp³-hybridized carbons (Fsp3) is 0.857. The van der Waals surface area contributed by atoms with Gasteiger partial charge in [0.05, 0.1) is 25.2 Å². The van der Waals surface area contributed by atoms with Crippen LogP contribution in [0.25, 0.3) is 0 Å². The van der Waals surface area contributed by atoms with Crippen LogP contribution in [0.5, 0.6) is 0 Å². The van der Waals surface area contributed by atoms with E-state index >= 15 is 0 Å². The van der Waals surface area contributed by atoms with E-state index in [1.54, 1.807) is 0 Å². The Bertz CT molecular complexity index is 397. The standard InChI is InChI=1S/C14H23N3O3/c1-2-16-5-6-20-11(9-16)8-15-12-7-13(18)17(14(12)19)10-3-4-10/h10-12,15H,2-9H2,1H3. The molecule has 1 aliphatic carbocycles. The summed E-state index contributed by atoms with van der Waals surface area (Å²) in [7, 11) is 0. The predicted octanol–water partition coefficient (Wildman–Crippen LogP) is -0.413. The Kier molecular flexibility index (Phi) is 4.05. The lowest BCUT2D eigenvalue weighted by atomic mass is 10.2. The van der Waals surface area contributed by atoms with E-state index in [0.717, 1.165) is 39.1 Å². The maximum Gasteiger partial charge on any atom is 0.247 e. The van der Waals surface area contributed by atoms with Gasteiger partial charge >= 0.3 is 0 Å². The van der Waals surface area contributed by atoms with Gasteiger partial charge in [-0.3, -0.25) is 19.4 Å². The molecule has 2 saturated heterocycles. The summed E-state index contributed by atoms with van der Waals surface area (Å²) in [6.45, 7) is 6.41. The summed E-state index contributed by atoms with van der Waals surface area (Å²) >= 11 is 0. The van der Waals surface area contributed by atoms with Crippen LogP contribution in [-0.4, -0.2) is 72.6 Å². The van der Waals surface area contributed by atoms with Gasteiger partial charge in [0, 0.05) is 25.7 Å². The number of nitrogens with zero attached hydrogens (tertiary/aromatic N) is 2. The zero-order valence-electron chi connectivity index (χ0n) is 12.0. The lowest BCUT2D eigenvalue weighted by Gasteiger charge is -2.32. The smallest absolute Gasteiger partial charge is 0.247 e. The molecule has 3 aliphatic rings. The molecule has 2 heterocycles. The van der Waals surface area contributed by atoms with Crippen LogP contribution in [0.15, 0.2) is 0 Å². The van der Waals surface area contributed by atoms with E-state index < -0.39 is 0 Å². The van der Waals surface area contributed by atoms with Crippen molar-refractivity contribution in [2.24, 2.45) is 0 Å². The molecule has 0 bridgehead atoms. The Morgan fingerprint density at radius 1 is 1.35 bits per heavy atom. The van der Waals surface area contributed by atoms with Gasteiger partial charge in [-0.25, -0.2) is 0 Å². The van der Waals surface area contributed by atoms with Crippen LogP contribution in [-0.2, 0) is 14.3 Å². The summed E-state index contributed by atoms with van der Waals surface area (Å²) in [4.78, 5) is 27.8. The second-order valence-corrected chi connectivity index (χ2v) is 5.88. The zero-order chi connectivity index (χ0) is 14.1. The van der Waals surface area contributed by atoms with Gasteiger partial charge in [-0.05, 0) is 19.4 Å². The van der Waals surface area contributed by atoms with Gasteiger partial charge in [-0.1, -0.05) is 6.92 Å². The molecule has 20 heavy (non-hydrogen) atoms. The number of morpholine rings is 1. The highest BCUT2D eigenvalue weighted by molar-refractivity contribution is 6.06. The largest absolute Gasteiger partial charge is 0.374 e. The molecule has 3 fully saturated rings. The number of rotatable bonds is 5. The van der Waals surface area contributed by atoms with Gasteiger partial charge in [0.2, 0.25) is 11.8 Å². The Morgan fingerprint density at radius 3 is 2.85 bits per heavy atom. The van der Waals surface area contributed by atoms with E-state index in [0.29, 0.717) is 13.0 Å². The first kappa shape index (κ1) is 14.0. The second kappa shape index (κ2) is 5.79. The highest BCUT2D eigenvalue weighted by atomic mass is 16.5. The summed E-state index contributed by atoms with van der Waals surface area (Å²) in [5.41, 5.74) is 0. The van der Waals surface area contributed by atoms with Crippen molar-refractivity contribution in [2.75, 3.05) is 32.8 Å². The Labute approximate surface area is 119 Å². The Hall–Kier alpha value is -0.980. The minimum absolute atomic E-state index is 0.0188. The number of likely N-dealkylation sites (tertiary alicyclic amines) is 1. The van der Waals surface area contributed by atoms with E-state index in [9.17, 15) is 9.59 Å². The molecule has 0 aromatic rings. The lowest BCUT2D eigenvalue weighted by molar-refractivity contribution is -0.139. The molecular weight excluding hydrogens is 258 g/mol. The molecule has 1 N–H and O–H groups in total. The molecule has 3 rings (SSSR count). The first-order chi connectivity index (χ1) is 9.69. The van der Waals surface area contributed by atoms with Crippen LogP contribution < -0.4 is 5.32 Å². The van der Waals surface area contributed by atoms with Crippen LogP contribution in [0.1, 0.15) is 26.2 Å². The minimum Gasteiger partial charge on any atom is -0.374 e. The van der Waals surface area contributed by atoms with Crippen molar-refractivity contribution in [3.05, 3.63) is 0 Å². The van der Waals surface area contributed by atoms with E-state index in [4.69, 9.17) is 4.74 Å². The maximum absolute atomic E-state index is 12.2. The topological polar surface area (TPSA) is 61.9 Å². The fourth-order valence-corrected chi connectivity index (χ4v) is 2.99. The average Bonchev–Trinajstić information content (AvgIpc) is 3.24. The summed E-state index contributed by atoms with van der Waals surface area (Å²) in [5, 5.41) is 3.23. The number of carbonyl (C=O) groups excluding carboxylic acids is 2. The van der Waals surface area contributed by atoms with Gasteiger partial charge in [0.15, 0.2) is 0 Å². The molecule has 2 amide bonds. The van der Waals surface area contributed by atoms with Crippen LogP contribution in [0.4, 0.5) is 0 Å². The van der Waals surface area contributed by atoms with Gasteiger partial charge in [-0.15, -0.1) is 0 Å². The Morgan fingerprint density at radius 2 is 2.15 bits per heavy atom. The van der Waals surface area contributed by atoms with Gasteiger partial charge in [0.1, 0.15) is 0 Å². The average molecular weight is 281 g/mol. The molecule has 0 aromatic heterocycles. The quantitative estimate of drug-likeness (QED) is 0.694. The first-order valence-electron chi connectivity index (χ1n) is 7.62. The third-order valence-corrected chi connectivity index (χ3v) is 4.36. The van der Waals surface area contributed by atoms with E-state index in [1.807, 2.05) is 0 Å². The molecular formula is C14H23N3O3. The van der Waals surface area contributed by atoms with Crippen LogP contribution in [0, 0.1) is 0 Å². The number of imide groups is 1. The third kappa shape index (κ3) is 2.87. The number of amides is 2. The van der Waals surface area contributed by atoms with Crippen molar-refractivity contribution in [2.45, 2.75) is 44.4 Å². The van der Waals surface area contributed by atoms with Crippen LogP contribution in [0.2, 0.25) is 0 Å². The van der Waals surface area contributed by atoms with Crippen molar-refractivity contribution >= 4 is 11.8 Å². The predicted molar refractivity (Wildman–Crippen MR) is 73.1 cm³/mol.